The molecule has 3 N–H and O–H groups in total. The van der Waals surface area contributed by atoms with Crippen LogP contribution in [0.4, 0.5) is 11.6 Å². The van der Waals surface area contributed by atoms with Gasteiger partial charge in [0.25, 0.3) is 0 Å². The highest BCUT2D eigenvalue weighted by molar-refractivity contribution is 6.37. The quantitative estimate of drug-likeness (QED) is 0.325. The van der Waals surface area contributed by atoms with Crippen LogP contribution in [0.5, 0.6) is 0 Å². The summed E-state index contributed by atoms with van der Waals surface area (Å²) in [6, 6.07) is 11.3. The molecule has 8 nitrogen and oxygen atoms in total. The number of anilines is 2. The normalized spacial score (nSPS) is 15.6. The lowest BCUT2D eigenvalue weighted by atomic mass is 9.87. The second-order valence-electron chi connectivity index (χ2n) is 9.09. The summed E-state index contributed by atoms with van der Waals surface area (Å²) in [6.45, 7) is 2.02. The Morgan fingerprint density at radius 1 is 1.14 bits per heavy atom. The Hall–Kier alpha value is -2.62. The molecule has 36 heavy (non-hydrogen) atoms. The predicted molar refractivity (Wildman–Crippen MR) is 147 cm³/mol. The third kappa shape index (κ3) is 4.37. The SMILES string of the molecule is CN1Cc2cc(Nc3ncc4c(=N)n(-c5c(Cl)cccc5Cl)c(=O)[nH]c4n3)ccc2C2(CC2)C1.Cl.Cl. The zero-order valence-corrected chi connectivity index (χ0v) is 22.3. The highest BCUT2D eigenvalue weighted by atomic mass is 35.5. The Kier molecular flexibility index (Phi) is 7.11. The number of nitrogens with zero attached hydrogens (tertiary/aromatic N) is 4. The third-order valence-corrected chi connectivity index (χ3v) is 7.27. The summed E-state index contributed by atoms with van der Waals surface area (Å²) in [7, 11) is 2.16. The van der Waals surface area contributed by atoms with E-state index in [9.17, 15) is 4.79 Å². The van der Waals surface area contributed by atoms with E-state index in [1.54, 1.807) is 18.2 Å². The van der Waals surface area contributed by atoms with E-state index in [4.69, 9.17) is 28.6 Å². The summed E-state index contributed by atoms with van der Waals surface area (Å²) < 4.78 is 1.12. The van der Waals surface area contributed by atoms with E-state index in [0.717, 1.165) is 23.3 Å². The first kappa shape index (κ1) is 26.4. The number of aromatic nitrogens is 4. The molecule has 2 aromatic carbocycles. The fraction of sp³-hybridized carbons (Fsp3) is 0.250. The number of H-pyrrole nitrogens is 1. The lowest BCUT2D eigenvalue weighted by Crippen LogP contribution is -2.35. The van der Waals surface area contributed by atoms with Crippen molar-refractivity contribution < 1.29 is 0 Å². The molecule has 0 bridgehead atoms. The maximum absolute atomic E-state index is 12.9. The van der Waals surface area contributed by atoms with Gasteiger partial charge in [0.15, 0.2) is 5.65 Å². The predicted octanol–water partition coefficient (Wildman–Crippen LogP) is 4.96. The van der Waals surface area contributed by atoms with Gasteiger partial charge in [0.05, 0.1) is 21.1 Å². The van der Waals surface area contributed by atoms with Crippen molar-refractivity contribution in [1.82, 2.24) is 24.4 Å². The van der Waals surface area contributed by atoms with Crippen LogP contribution in [0.1, 0.15) is 24.0 Å². The van der Waals surface area contributed by atoms with E-state index >= 15 is 0 Å². The van der Waals surface area contributed by atoms with Crippen LogP contribution in [-0.4, -0.2) is 38.0 Å². The molecular formula is C24H23Cl4N7O. The molecule has 1 aliphatic heterocycles. The minimum Gasteiger partial charge on any atom is -0.324 e. The van der Waals surface area contributed by atoms with Gasteiger partial charge < -0.3 is 10.2 Å². The van der Waals surface area contributed by atoms with Crippen LogP contribution in [0.2, 0.25) is 10.0 Å². The van der Waals surface area contributed by atoms with E-state index in [1.807, 2.05) is 0 Å². The molecule has 6 rings (SSSR count). The Morgan fingerprint density at radius 2 is 1.86 bits per heavy atom. The van der Waals surface area contributed by atoms with Gasteiger partial charge in [-0.3, -0.25) is 10.4 Å². The van der Waals surface area contributed by atoms with Crippen molar-refractivity contribution in [2.45, 2.75) is 24.8 Å². The molecule has 0 unspecified atom stereocenters. The van der Waals surface area contributed by atoms with Crippen molar-refractivity contribution in [2.75, 3.05) is 18.9 Å². The number of benzene rings is 2. The summed E-state index contributed by atoms with van der Waals surface area (Å²) in [5.41, 5.74) is 3.79. The highest BCUT2D eigenvalue weighted by Gasteiger charge is 2.48. The molecule has 12 heteroatoms. The van der Waals surface area contributed by atoms with E-state index < -0.39 is 5.69 Å². The van der Waals surface area contributed by atoms with E-state index in [-0.39, 0.29) is 51.7 Å². The molecule has 1 aliphatic carbocycles. The van der Waals surface area contributed by atoms with Crippen molar-refractivity contribution in [3.63, 3.8) is 0 Å². The van der Waals surface area contributed by atoms with Gasteiger partial charge in [-0.05, 0) is 55.3 Å². The number of hydrogen-bond donors (Lipinski definition) is 3. The first-order chi connectivity index (χ1) is 16.3. The fourth-order valence-corrected chi connectivity index (χ4v) is 5.55. The van der Waals surface area contributed by atoms with Gasteiger partial charge in [0.2, 0.25) is 5.95 Å². The highest BCUT2D eigenvalue weighted by Crippen LogP contribution is 2.52. The molecule has 0 atom stereocenters. The summed E-state index contributed by atoms with van der Waals surface area (Å²) in [4.78, 5) is 26.8. The van der Waals surface area contributed by atoms with Gasteiger partial charge in [-0.15, -0.1) is 24.8 Å². The van der Waals surface area contributed by atoms with Gasteiger partial charge in [-0.1, -0.05) is 35.3 Å². The Bertz CT molecular complexity index is 1580. The molecule has 3 heterocycles. The minimum atomic E-state index is -0.566. The monoisotopic (exact) mass is 565 g/mol. The van der Waals surface area contributed by atoms with Gasteiger partial charge >= 0.3 is 5.69 Å². The Morgan fingerprint density at radius 3 is 2.56 bits per heavy atom. The molecule has 0 radical (unpaired) electrons. The Balaban J connectivity index is 0.00000152. The molecule has 0 saturated heterocycles. The molecule has 2 aliphatic rings. The first-order valence-corrected chi connectivity index (χ1v) is 11.7. The Labute approximate surface area is 229 Å². The number of hydrogen-bond acceptors (Lipinski definition) is 6. The standard InChI is InChI=1S/C24H21Cl2N7O.2ClH/c1-32-11-13-9-14(5-6-16(13)24(12-32)7-8-24)29-22-28-10-15-20(27)33(23(34)31-21(15)30-22)19-17(25)3-2-4-18(19)26;;/h2-6,9-10,27H,7-8,11-12H2,1H3,(H2,28,29,30,31,34);2*1H. The van der Waals surface area contributed by atoms with Crippen LogP contribution in [-0.2, 0) is 12.0 Å². The molecule has 0 amide bonds. The zero-order chi connectivity index (χ0) is 23.6. The summed E-state index contributed by atoms with van der Waals surface area (Å²) in [5, 5.41) is 12.7. The minimum absolute atomic E-state index is 0. The zero-order valence-electron chi connectivity index (χ0n) is 19.1. The van der Waals surface area contributed by atoms with Crippen molar-refractivity contribution >= 4 is 70.7 Å². The van der Waals surface area contributed by atoms with Crippen molar-refractivity contribution in [3.8, 4) is 5.69 Å². The smallest absolute Gasteiger partial charge is 0.324 e. The molecular weight excluding hydrogens is 544 g/mol. The van der Waals surface area contributed by atoms with E-state index in [0.29, 0.717) is 16.7 Å². The number of rotatable bonds is 3. The van der Waals surface area contributed by atoms with E-state index in [1.165, 1.54) is 30.2 Å². The average molecular weight is 567 g/mol. The van der Waals surface area contributed by atoms with Crippen LogP contribution >= 0.6 is 48.0 Å². The van der Waals surface area contributed by atoms with Crippen LogP contribution < -0.4 is 16.5 Å². The van der Waals surface area contributed by atoms with Gasteiger partial charge in [-0.2, -0.15) is 4.98 Å². The number of para-hydroxylation sites is 1. The maximum Gasteiger partial charge on any atom is 0.333 e. The molecule has 1 fully saturated rings. The van der Waals surface area contributed by atoms with Gasteiger partial charge in [-0.25, -0.2) is 14.3 Å². The molecule has 4 aromatic rings. The lowest BCUT2D eigenvalue weighted by molar-refractivity contribution is 0.271. The largest absolute Gasteiger partial charge is 0.333 e. The van der Waals surface area contributed by atoms with Crippen molar-refractivity contribution in [1.29, 1.82) is 5.41 Å². The molecule has 1 saturated carbocycles. The average Bonchev–Trinajstić information content (AvgIpc) is 3.54. The molecule has 1 spiro atoms. The van der Waals surface area contributed by atoms with Crippen molar-refractivity contribution in [3.05, 3.63) is 79.7 Å². The van der Waals surface area contributed by atoms with Gasteiger partial charge in [0.1, 0.15) is 5.49 Å². The van der Waals surface area contributed by atoms with E-state index in [2.05, 4.69) is 50.4 Å². The molecule has 2 aromatic heterocycles. The van der Waals surface area contributed by atoms with Crippen molar-refractivity contribution in [2.24, 2.45) is 0 Å². The summed E-state index contributed by atoms with van der Waals surface area (Å²) >= 11 is 12.5. The lowest BCUT2D eigenvalue weighted by Gasteiger charge is -2.32. The second-order valence-corrected chi connectivity index (χ2v) is 9.90. The first-order valence-electron chi connectivity index (χ1n) is 10.9. The second kappa shape index (κ2) is 9.68. The fourth-order valence-electron chi connectivity index (χ4n) is 4.98. The van der Waals surface area contributed by atoms with Crippen LogP contribution in [0.25, 0.3) is 16.7 Å². The third-order valence-electron chi connectivity index (χ3n) is 6.66. The maximum atomic E-state index is 12.9. The number of nitrogens with one attached hydrogen (secondary N) is 3. The molecule has 188 valence electrons. The van der Waals surface area contributed by atoms with Crippen LogP contribution in [0, 0.1) is 5.41 Å². The number of likely N-dealkylation sites (N-methyl/N-ethyl adjacent to an activating group) is 1. The summed E-state index contributed by atoms with van der Waals surface area (Å²) in [6.07, 6.45) is 4.00. The number of aromatic amines is 1. The van der Waals surface area contributed by atoms with Crippen LogP contribution in [0.3, 0.4) is 0 Å². The number of halogens is 4. The van der Waals surface area contributed by atoms with Gasteiger partial charge in [0, 0.05) is 30.4 Å². The number of fused-ring (bicyclic) bond motifs is 3. The summed E-state index contributed by atoms with van der Waals surface area (Å²) in [5.74, 6) is 0.335. The topological polar surface area (TPSA) is 103 Å². The van der Waals surface area contributed by atoms with Crippen LogP contribution in [0.15, 0.2) is 47.4 Å².